The molecule has 5 nitrogen and oxygen atoms in total. The summed E-state index contributed by atoms with van der Waals surface area (Å²) < 4.78 is 1.82. The van der Waals surface area contributed by atoms with Gasteiger partial charge in [0.2, 0.25) is 0 Å². The predicted molar refractivity (Wildman–Crippen MR) is 67.0 cm³/mol. The van der Waals surface area contributed by atoms with Crippen LogP contribution in [0.2, 0.25) is 0 Å². The van der Waals surface area contributed by atoms with Crippen molar-refractivity contribution in [3.63, 3.8) is 0 Å². The quantitative estimate of drug-likeness (QED) is 0.702. The summed E-state index contributed by atoms with van der Waals surface area (Å²) in [5.41, 5.74) is 8.61. The van der Waals surface area contributed by atoms with Crippen molar-refractivity contribution in [2.45, 2.75) is 13.3 Å². The van der Waals surface area contributed by atoms with Gasteiger partial charge in [0.25, 0.3) is 0 Å². The lowest BCUT2D eigenvalue weighted by molar-refractivity contribution is 0.844. The van der Waals surface area contributed by atoms with Crippen LogP contribution in [0, 0.1) is 0 Å². The largest absolute Gasteiger partial charge is 0.383 e. The predicted octanol–water partition coefficient (Wildman–Crippen LogP) is 1.89. The van der Waals surface area contributed by atoms with E-state index in [1.165, 1.54) is 0 Å². The number of aryl methyl sites for hydroxylation is 1. The normalized spacial score (nSPS) is 11.1. The second-order valence-corrected chi connectivity index (χ2v) is 3.88. The molecule has 0 fully saturated rings. The molecule has 2 aromatic heterocycles. The zero-order valence-corrected chi connectivity index (χ0v) is 9.51. The number of aromatic amines is 1. The lowest BCUT2D eigenvalue weighted by Crippen LogP contribution is -1.98. The minimum Gasteiger partial charge on any atom is -0.383 e. The Morgan fingerprint density at radius 3 is 2.76 bits per heavy atom. The maximum absolute atomic E-state index is 5.87. The third-order valence-corrected chi connectivity index (χ3v) is 2.82. The van der Waals surface area contributed by atoms with Gasteiger partial charge in [-0.2, -0.15) is 10.2 Å². The number of aromatic nitrogens is 4. The van der Waals surface area contributed by atoms with E-state index in [0.717, 1.165) is 28.8 Å². The number of hydrogen-bond acceptors (Lipinski definition) is 3. The van der Waals surface area contributed by atoms with Crippen LogP contribution in [0.5, 0.6) is 0 Å². The second kappa shape index (κ2) is 3.62. The van der Waals surface area contributed by atoms with E-state index in [4.69, 9.17) is 5.73 Å². The highest BCUT2D eigenvalue weighted by Crippen LogP contribution is 2.24. The smallest absolute Gasteiger partial charge is 0.186 e. The Bertz CT molecular complexity index is 650. The molecule has 0 aliphatic rings. The van der Waals surface area contributed by atoms with Gasteiger partial charge in [-0.25, -0.2) is 4.68 Å². The van der Waals surface area contributed by atoms with E-state index in [1.807, 2.05) is 35.0 Å². The Labute approximate surface area is 98.2 Å². The fourth-order valence-electron chi connectivity index (χ4n) is 2.00. The van der Waals surface area contributed by atoms with Gasteiger partial charge in [0, 0.05) is 0 Å². The molecule has 0 atom stereocenters. The van der Waals surface area contributed by atoms with Crippen LogP contribution in [-0.4, -0.2) is 20.0 Å². The van der Waals surface area contributed by atoms with E-state index in [0.29, 0.717) is 5.82 Å². The summed E-state index contributed by atoms with van der Waals surface area (Å²) in [5, 5.41) is 12.5. The SMILES string of the molecule is CCc1nn(-c2ccccc2)c2n[nH]c(N)c12. The Morgan fingerprint density at radius 2 is 2.06 bits per heavy atom. The van der Waals surface area contributed by atoms with Crippen molar-refractivity contribution >= 4 is 16.9 Å². The van der Waals surface area contributed by atoms with Crippen molar-refractivity contribution in [1.29, 1.82) is 0 Å². The van der Waals surface area contributed by atoms with Gasteiger partial charge in [-0.05, 0) is 18.6 Å². The molecule has 3 rings (SSSR count). The Hall–Kier alpha value is -2.30. The molecule has 0 spiro atoms. The number of para-hydroxylation sites is 1. The van der Waals surface area contributed by atoms with E-state index in [-0.39, 0.29) is 0 Å². The van der Waals surface area contributed by atoms with Gasteiger partial charge in [0.05, 0.1) is 16.8 Å². The van der Waals surface area contributed by atoms with Gasteiger partial charge in [-0.3, -0.25) is 5.10 Å². The summed E-state index contributed by atoms with van der Waals surface area (Å²) in [6, 6.07) is 9.92. The van der Waals surface area contributed by atoms with Crippen molar-refractivity contribution < 1.29 is 0 Å². The van der Waals surface area contributed by atoms with Gasteiger partial charge in [0.1, 0.15) is 5.82 Å². The lowest BCUT2D eigenvalue weighted by Gasteiger charge is -1.99. The Morgan fingerprint density at radius 1 is 1.29 bits per heavy atom. The molecule has 3 N–H and O–H groups in total. The maximum Gasteiger partial charge on any atom is 0.186 e. The van der Waals surface area contributed by atoms with Crippen LogP contribution in [0.15, 0.2) is 30.3 Å². The number of benzene rings is 1. The van der Waals surface area contributed by atoms with E-state index in [2.05, 4.69) is 22.2 Å². The number of nitrogens with two attached hydrogens (primary N) is 1. The molecule has 5 heteroatoms. The molecule has 3 aromatic rings. The number of rotatable bonds is 2. The number of nitrogens with one attached hydrogen (secondary N) is 1. The lowest BCUT2D eigenvalue weighted by atomic mass is 10.2. The first-order valence-electron chi connectivity index (χ1n) is 5.58. The van der Waals surface area contributed by atoms with Crippen molar-refractivity contribution in [2.24, 2.45) is 0 Å². The summed E-state index contributed by atoms with van der Waals surface area (Å²) >= 11 is 0. The average Bonchev–Trinajstić information content (AvgIpc) is 2.92. The molecule has 0 radical (unpaired) electrons. The summed E-state index contributed by atoms with van der Waals surface area (Å²) in [5.74, 6) is 0.582. The highest BCUT2D eigenvalue weighted by molar-refractivity contribution is 5.89. The third kappa shape index (κ3) is 1.39. The molecule has 0 bridgehead atoms. The van der Waals surface area contributed by atoms with Gasteiger partial charge in [0.15, 0.2) is 5.65 Å². The number of anilines is 1. The summed E-state index contributed by atoms with van der Waals surface area (Å²) in [6.07, 6.45) is 0.833. The van der Waals surface area contributed by atoms with Gasteiger partial charge >= 0.3 is 0 Å². The summed E-state index contributed by atoms with van der Waals surface area (Å²) in [6.45, 7) is 2.06. The molecular formula is C12H13N5. The zero-order chi connectivity index (χ0) is 11.8. The molecule has 0 amide bonds. The zero-order valence-electron chi connectivity index (χ0n) is 9.51. The highest BCUT2D eigenvalue weighted by Gasteiger charge is 2.15. The molecule has 17 heavy (non-hydrogen) atoms. The number of nitrogen functional groups attached to an aromatic ring is 1. The minimum atomic E-state index is 0.582. The first kappa shape index (κ1) is 9.89. The Balaban J connectivity index is 2.31. The first-order chi connectivity index (χ1) is 8.31. The van der Waals surface area contributed by atoms with Crippen LogP contribution in [0.4, 0.5) is 5.82 Å². The van der Waals surface area contributed by atoms with Crippen LogP contribution in [0.3, 0.4) is 0 Å². The fraction of sp³-hybridized carbons (Fsp3) is 0.167. The molecule has 0 aliphatic carbocycles. The Kier molecular flexibility index (Phi) is 2.11. The van der Waals surface area contributed by atoms with Crippen LogP contribution in [-0.2, 0) is 6.42 Å². The number of nitrogens with zero attached hydrogens (tertiary/aromatic N) is 3. The molecule has 0 saturated carbocycles. The molecule has 86 valence electrons. The van der Waals surface area contributed by atoms with E-state index in [9.17, 15) is 0 Å². The number of fused-ring (bicyclic) bond motifs is 1. The van der Waals surface area contributed by atoms with Crippen LogP contribution in [0.25, 0.3) is 16.7 Å². The van der Waals surface area contributed by atoms with Crippen molar-refractivity contribution in [3.05, 3.63) is 36.0 Å². The van der Waals surface area contributed by atoms with Crippen LogP contribution in [0.1, 0.15) is 12.6 Å². The minimum absolute atomic E-state index is 0.582. The third-order valence-electron chi connectivity index (χ3n) is 2.82. The maximum atomic E-state index is 5.87. The van der Waals surface area contributed by atoms with E-state index in [1.54, 1.807) is 0 Å². The molecular weight excluding hydrogens is 214 g/mol. The van der Waals surface area contributed by atoms with E-state index >= 15 is 0 Å². The molecule has 0 saturated heterocycles. The van der Waals surface area contributed by atoms with Gasteiger partial charge in [-0.1, -0.05) is 25.1 Å². The van der Waals surface area contributed by atoms with Gasteiger partial charge in [-0.15, -0.1) is 0 Å². The average molecular weight is 227 g/mol. The molecule has 2 heterocycles. The topological polar surface area (TPSA) is 72.5 Å². The van der Waals surface area contributed by atoms with E-state index < -0.39 is 0 Å². The van der Waals surface area contributed by atoms with Crippen LogP contribution >= 0.6 is 0 Å². The van der Waals surface area contributed by atoms with Crippen molar-refractivity contribution in [1.82, 2.24) is 20.0 Å². The molecule has 1 aromatic carbocycles. The molecule has 0 unspecified atom stereocenters. The fourth-order valence-corrected chi connectivity index (χ4v) is 2.00. The summed E-state index contributed by atoms with van der Waals surface area (Å²) in [7, 11) is 0. The monoisotopic (exact) mass is 227 g/mol. The molecule has 0 aliphatic heterocycles. The summed E-state index contributed by atoms with van der Waals surface area (Å²) in [4.78, 5) is 0. The first-order valence-corrected chi connectivity index (χ1v) is 5.58. The van der Waals surface area contributed by atoms with Crippen LogP contribution < -0.4 is 5.73 Å². The number of H-pyrrole nitrogens is 1. The van der Waals surface area contributed by atoms with Gasteiger partial charge < -0.3 is 5.73 Å². The van der Waals surface area contributed by atoms with Crippen molar-refractivity contribution in [3.8, 4) is 5.69 Å². The second-order valence-electron chi connectivity index (χ2n) is 3.88. The van der Waals surface area contributed by atoms with Crippen molar-refractivity contribution in [2.75, 3.05) is 5.73 Å². The number of hydrogen-bond donors (Lipinski definition) is 2. The standard InChI is InChI=1S/C12H13N5/c1-2-9-10-11(13)14-15-12(10)17(16-9)8-6-4-3-5-7-8/h3-7H,2H2,1H3,(H3,13,14,15). The highest BCUT2D eigenvalue weighted by atomic mass is 15.3.